The Morgan fingerprint density at radius 3 is 2.76 bits per heavy atom. The third-order valence-corrected chi connectivity index (χ3v) is 3.29. The SMILES string of the molecule is CCCNc1nc(-c2c(Cl)cccc2OC)nc(C)c1F. The summed E-state index contributed by atoms with van der Waals surface area (Å²) < 4.78 is 19.3. The number of halogens is 2. The van der Waals surface area contributed by atoms with Crippen LogP contribution in [0.2, 0.25) is 5.02 Å². The van der Waals surface area contributed by atoms with Gasteiger partial charge in [-0.1, -0.05) is 24.6 Å². The molecule has 2 aromatic rings. The number of benzene rings is 1. The molecular formula is C15H17ClFN3O. The minimum Gasteiger partial charge on any atom is -0.496 e. The number of methoxy groups -OCH3 is 1. The van der Waals surface area contributed by atoms with Crippen LogP contribution in [-0.4, -0.2) is 23.6 Å². The second-order valence-electron chi connectivity index (χ2n) is 4.54. The highest BCUT2D eigenvalue weighted by molar-refractivity contribution is 6.33. The summed E-state index contributed by atoms with van der Waals surface area (Å²) in [5.74, 6) is 0.629. The molecule has 0 saturated carbocycles. The number of ether oxygens (including phenoxy) is 1. The number of anilines is 1. The van der Waals surface area contributed by atoms with Crippen LogP contribution in [0.1, 0.15) is 19.0 Å². The topological polar surface area (TPSA) is 47.0 Å². The first kappa shape index (κ1) is 15.5. The monoisotopic (exact) mass is 309 g/mol. The summed E-state index contributed by atoms with van der Waals surface area (Å²) in [4.78, 5) is 8.44. The van der Waals surface area contributed by atoms with Gasteiger partial charge in [-0.25, -0.2) is 14.4 Å². The van der Waals surface area contributed by atoms with Gasteiger partial charge >= 0.3 is 0 Å². The third-order valence-electron chi connectivity index (χ3n) is 2.98. The molecule has 0 radical (unpaired) electrons. The molecule has 4 nitrogen and oxygen atoms in total. The lowest BCUT2D eigenvalue weighted by Gasteiger charge is -2.12. The standard InChI is InChI=1S/C15H17ClFN3O/c1-4-8-18-15-13(17)9(2)19-14(20-15)12-10(16)6-5-7-11(12)21-3/h5-7H,4,8H2,1-3H3,(H,18,19,20). The summed E-state index contributed by atoms with van der Waals surface area (Å²) >= 11 is 6.22. The average Bonchev–Trinajstić information content (AvgIpc) is 2.48. The fourth-order valence-electron chi connectivity index (χ4n) is 1.92. The fraction of sp³-hybridized carbons (Fsp3) is 0.333. The van der Waals surface area contributed by atoms with Crippen LogP contribution in [0.5, 0.6) is 5.75 Å². The zero-order valence-corrected chi connectivity index (χ0v) is 13.0. The number of nitrogens with one attached hydrogen (secondary N) is 1. The first-order chi connectivity index (χ1) is 10.1. The molecule has 2 rings (SSSR count). The van der Waals surface area contributed by atoms with E-state index in [1.54, 1.807) is 32.2 Å². The van der Waals surface area contributed by atoms with E-state index in [2.05, 4.69) is 15.3 Å². The lowest BCUT2D eigenvalue weighted by atomic mass is 10.1. The maximum atomic E-state index is 14.1. The number of hydrogen-bond donors (Lipinski definition) is 1. The van der Waals surface area contributed by atoms with Gasteiger partial charge in [0.15, 0.2) is 17.5 Å². The molecule has 1 heterocycles. The van der Waals surface area contributed by atoms with Crippen molar-refractivity contribution < 1.29 is 9.13 Å². The Balaban J connectivity index is 2.57. The van der Waals surface area contributed by atoms with E-state index in [1.165, 1.54) is 0 Å². The Labute approximate surface area is 128 Å². The van der Waals surface area contributed by atoms with Crippen molar-refractivity contribution in [3.05, 3.63) is 34.7 Å². The molecule has 1 aromatic heterocycles. The molecule has 1 N–H and O–H groups in total. The van der Waals surface area contributed by atoms with E-state index in [0.29, 0.717) is 28.7 Å². The van der Waals surface area contributed by atoms with Gasteiger partial charge in [-0.2, -0.15) is 0 Å². The van der Waals surface area contributed by atoms with Crippen LogP contribution in [0.25, 0.3) is 11.4 Å². The molecule has 0 fully saturated rings. The van der Waals surface area contributed by atoms with Crippen LogP contribution < -0.4 is 10.1 Å². The predicted octanol–water partition coefficient (Wildman–Crippen LogP) is 4.08. The molecule has 0 saturated heterocycles. The second-order valence-corrected chi connectivity index (χ2v) is 4.95. The van der Waals surface area contributed by atoms with Gasteiger partial charge in [0.25, 0.3) is 0 Å². The molecule has 0 amide bonds. The minimum atomic E-state index is -0.446. The number of aryl methyl sites for hydroxylation is 1. The Morgan fingerprint density at radius 1 is 1.33 bits per heavy atom. The van der Waals surface area contributed by atoms with Crippen LogP contribution in [0, 0.1) is 12.7 Å². The Morgan fingerprint density at radius 2 is 2.10 bits per heavy atom. The fourth-order valence-corrected chi connectivity index (χ4v) is 2.17. The molecule has 0 aliphatic rings. The van der Waals surface area contributed by atoms with Crippen molar-refractivity contribution in [2.24, 2.45) is 0 Å². The highest BCUT2D eigenvalue weighted by Crippen LogP contribution is 2.35. The van der Waals surface area contributed by atoms with Crippen molar-refractivity contribution >= 4 is 17.4 Å². The molecular weight excluding hydrogens is 293 g/mol. The lowest BCUT2D eigenvalue weighted by molar-refractivity contribution is 0.416. The molecule has 0 atom stereocenters. The van der Waals surface area contributed by atoms with Crippen LogP contribution in [-0.2, 0) is 0 Å². The van der Waals surface area contributed by atoms with Crippen molar-refractivity contribution in [2.45, 2.75) is 20.3 Å². The van der Waals surface area contributed by atoms with E-state index in [1.807, 2.05) is 6.92 Å². The van der Waals surface area contributed by atoms with Gasteiger partial charge in [0.05, 0.1) is 23.4 Å². The number of hydrogen-bond acceptors (Lipinski definition) is 4. The van der Waals surface area contributed by atoms with Crippen LogP contribution >= 0.6 is 11.6 Å². The minimum absolute atomic E-state index is 0.182. The quantitative estimate of drug-likeness (QED) is 0.904. The Kier molecular flexibility index (Phi) is 4.96. The largest absolute Gasteiger partial charge is 0.496 e. The van der Waals surface area contributed by atoms with E-state index >= 15 is 0 Å². The molecule has 112 valence electrons. The van der Waals surface area contributed by atoms with Gasteiger partial charge in [0.2, 0.25) is 0 Å². The first-order valence-corrected chi connectivity index (χ1v) is 7.07. The maximum absolute atomic E-state index is 14.1. The summed E-state index contributed by atoms with van der Waals surface area (Å²) in [6.45, 7) is 4.23. The van der Waals surface area contributed by atoms with Crippen molar-refractivity contribution in [1.82, 2.24) is 9.97 Å². The van der Waals surface area contributed by atoms with E-state index < -0.39 is 5.82 Å². The smallest absolute Gasteiger partial charge is 0.186 e. The zero-order chi connectivity index (χ0) is 15.4. The summed E-state index contributed by atoms with van der Waals surface area (Å²) in [5, 5.41) is 3.42. The zero-order valence-electron chi connectivity index (χ0n) is 12.2. The predicted molar refractivity (Wildman–Crippen MR) is 82.5 cm³/mol. The highest BCUT2D eigenvalue weighted by Gasteiger charge is 2.17. The Bertz CT molecular complexity index is 649. The lowest BCUT2D eigenvalue weighted by Crippen LogP contribution is -2.08. The van der Waals surface area contributed by atoms with Crippen molar-refractivity contribution in [3.63, 3.8) is 0 Å². The van der Waals surface area contributed by atoms with Crippen molar-refractivity contribution in [1.29, 1.82) is 0 Å². The van der Waals surface area contributed by atoms with Crippen molar-refractivity contribution in [3.8, 4) is 17.1 Å². The van der Waals surface area contributed by atoms with E-state index in [0.717, 1.165) is 6.42 Å². The highest BCUT2D eigenvalue weighted by atomic mass is 35.5. The molecule has 6 heteroatoms. The van der Waals surface area contributed by atoms with Crippen LogP contribution in [0.3, 0.4) is 0 Å². The molecule has 0 unspecified atom stereocenters. The normalized spacial score (nSPS) is 10.5. The molecule has 0 aliphatic carbocycles. The first-order valence-electron chi connectivity index (χ1n) is 6.69. The van der Waals surface area contributed by atoms with Crippen LogP contribution in [0.4, 0.5) is 10.2 Å². The summed E-state index contributed by atoms with van der Waals surface area (Å²) in [6, 6.07) is 5.26. The summed E-state index contributed by atoms with van der Waals surface area (Å²) in [6.07, 6.45) is 0.868. The second kappa shape index (κ2) is 6.72. The van der Waals surface area contributed by atoms with Gasteiger partial charge in [-0.05, 0) is 25.5 Å². The summed E-state index contributed by atoms with van der Waals surface area (Å²) in [5.41, 5.74) is 0.824. The van der Waals surface area contributed by atoms with Gasteiger partial charge in [-0.3, -0.25) is 0 Å². The average molecular weight is 310 g/mol. The number of nitrogens with zero attached hydrogens (tertiary/aromatic N) is 2. The van der Waals surface area contributed by atoms with Gasteiger partial charge < -0.3 is 10.1 Å². The number of rotatable bonds is 5. The Hall–Kier alpha value is -1.88. The van der Waals surface area contributed by atoms with Gasteiger partial charge in [0, 0.05) is 6.54 Å². The molecule has 0 aliphatic heterocycles. The van der Waals surface area contributed by atoms with Gasteiger partial charge in [0.1, 0.15) is 5.75 Å². The molecule has 0 bridgehead atoms. The summed E-state index contributed by atoms with van der Waals surface area (Å²) in [7, 11) is 1.54. The maximum Gasteiger partial charge on any atom is 0.186 e. The third kappa shape index (κ3) is 3.24. The number of aromatic nitrogens is 2. The molecule has 1 aromatic carbocycles. The van der Waals surface area contributed by atoms with E-state index in [9.17, 15) is 4.39 Å². The molecule has 21 heavy (non-hydrogen) atoms. The van der Waals surface area contributed by atoms with Crippen LogP contribution in [0.15, 0.2) is 18.2 Å². The van der Waals surface area contributed by atoms with Crippen molar-refractivity contribution in [2.75, 3.05) is 19.0 Å². The van der Waals surface area contributed by atoms with E-state index in [4.69, 9.17) is 16.3 Å². The molecule has 0 spiro atoms. The van der Waals surface area contributed by atoms with E-state index in [-0.39, 0.29) is 11.5 Å². The van der Waals surface area contributed by atoms with Gasteiger partial charge in [-0.15, -0.1) is 0 Å².